The summed E-state index contributed by atoms with van der Waals surface area (Å²) in [5.74, 6) is -0.386. The van der Waals surface area contributed by atoms with Gasteiger partial charge in [0.2, 0.25) is 15.9 Å². The highest BCUT2D eigenvalue weighted by Gasteiger charge is 2.33. The molecular weight excluding hydrogens is 408 g/mol. The van der Waals surface area contributed by atoms with Gasteiger partial charge in [0, 0.05) is 13.1 Å². The summed E-state index contributed by atoms with van der Waals surface area (Å²) in [5, 5.41) is 3.13. The molecule has 2 aromatic rings. The first-order chi connectivity index (χ1) is 14.8. The van der Waals surface area contributed by atoms with Gasteiger partial charge in [0.05, 0.1) is 16.9 Å². The monoisotopic (exact) mass is 440 g/mol. The van der Waals surface area contributed by atoms with Crippen molar-refractivity contribution in [3.8, 4) is 0 Å². The molecular formula is C25H32N2O3S. The molecule has 0 spiro atoms. The van der Waals surface area contributed by atoms with Gasteiger partial charge in [-0.15, -0.1) is 0 Å². The van der Waals surface area contributed by atoms with E-state index in [1.807, 2.05) is 13.8 Å². The van der Waals surface area contributed by atoms with Crippen molar-refractivity contribution >= 4 is 15.9 Å². The number of carbonyl (C=O) groups excluding carboxylic acids is 1. The van der Waals surface area contributed by atoms with Crippen molar-refractivity contribution in [2.45, 2.75) is 63.3 Å². The zero-order valence-corrected chi connectivity index (χ0v) is 19.2. The summed E-state index contributed by atoms with van der Waals surface area (Å²) >= 11 is 0. The van der Waals surface area contributed by atoms with Crippen LogP contribution >= 0.6 is 0 Å². The predicted molar refractivity (Wildman–Crippen MR) is 122 cm³/mol. The van der Waals surface area contributed by atoms with Crippen molar-refractivity contribution in [2.24, 2.45) is 5.92 Å². The molecule has 166 valence electrons. The molecule has 1 fully saturated rings. The number of nitrogens with zero attached hydrogens (tertiary/aromatic N) is 1. The Hall–Kier alpha value is -2.18. The Balaban J connectivity index is 1.42. The van der Waals surface area contributed by atoms with Crippen LogP contribution in [0.25, 0.3) is 0 Å². The van der Waals surface area contributed by atoms with Crippen LogP contribution in [0.5, 0.6) is 0 Å². The number of sulfonamides is 1. The summed E-state index contributed by atoms with van der Waals surface area (Å²) in [7, 11) is -3.58. The van der Waals surface area contributed by atoms with E-state index < -0.39 is 10.0 Å². The van der Waals surface area contributed by atoms with Gasteiger partial charge < -0.3 is 5.32 Å². The number of nitrogens with one attached hydrogen (secondary N) is 1. The van der Waals surface area contributed by atoms with Crippen LogP contribution in [0.1, 0.15) is 60.9 Å². The zero-order chi connectivity index (χ0) is 22.0. The highest BCUT2D eigenvalue weighted by molar-refractivity contribution is 7.89. The first-order valence-electron chi connectivity index (χ1n) is 11.3. The van der Waals surface area contributed by atoms with Gasteiger partial charge in [-0.3, -0.25) is 4.79 Å². The summed E-state index contributed by atoms with van der Waals surface area (Å²) in [6, 6.07) is 13.4. The second-order valence-electron chi connectivity index (χ2n) is 8.98. The second-order valence-corrected chi connectivity index (χ2v) is 10.9. The number of rotatable bonds is 5. The van der Waals surface area contributed by atoms with Crippen LogP contribution in [0.2, 0.25) is 0 Å². The smallest absolute Gasteiger partial charge is 0.243 e. The quantitative estimate of drug-likeness (QED) is 0.759. The van der Waals surface area contributed by atoms with Crippen molar-refractivity contribution in [3.05, 3.63) is 64.7 Å². The largest absolute Gasteiger partial charge is 0.349 e. The molecule has 6 heteroatoms. The molecule has 0 unspecified atom stereocenters. The molecule has 2 aromatic carbocycles. The molecule has 0 aromatic heterocycles. The summed E-state index contributed by atoms with van der Waals surface area (Å²) in [6.07, 6.45) is 6.13. The van der Waals surface area contributed by atoms with Crippen LogP contribution in [-0.2, 0) is 27.7 Å². The van der Waals surface area contributed by atoms with Crippen LogP contribution < -0.4 is 5.32 Å². The molecule has 1 aliphatic carbocycles. The van der Waals surface area contributed by atoms with Crippen LogP contribution in [-0.4, -0.2) is 31.7 Å². The fourth-order valence-corrected chi connectivity index (χ4v) is 6.20. The normalized spacial score (nSPS) is 20.6. The minimum absolute atomic E-state index is 0.0611. The fourth-order valence-electron chi connectivity index (χ4n) is 4.67. The topological polar surface area (TPSA) is 66.5 Å². The van der Waals surface area contributed by atoms with Gasteiger partial charge in [-0.25, -0.2) is 8.42 Å². The first-order valence-corrected chi connectivity index (χ1v) is 12.8. The van der Waals surface area contributed by atoms with Crippen LogP contribution in [0.3, 0.4) is 0 Å². The van der Waals surface area contributed by atoms with E-state index in [9.17, 15) is 13.2 Å². The minimum atomic E-state index is -3.58. The number of hydrogen-bond donors (Lipinski definition) is 1. The third-order valence-corrected chi connectivity index (χ3v) is 8.52. The summed E-state index contributed by atoms with van der Waals surface area (Å²) in [6.45, 7) is 4.63. The molecule has 4 rings (SSSR count). The SMILES string of the molecule is Cc1ccc(S(=O)(=O)N2CCC[C@H](C(=O)N[C@H](C)c3ccc4c(c3)CCCC4)C2)cc1. The Labute approximate surface area is 185 Å². The molecule has 0 saturated carbocycles. The Morgan fingerprint density at radius 1 is 1.03 bits per heavy atom. The third kappa shape index (κ3) is 4.85. The maximum absolute atomic E-state index is 13.0. The number of carbonyl (C=O) groups is 1. The summed E-state index contributed by atoms with van der Waals surface area (Å²) < 4.78 is 27.5. The maximum atomic E-state index is 13.0. The number of piperidine rings is 1. The lowest BCUT2D eigenvalue weighted by Crippen LogP contribution is -2.45. The summed E-state index contributed by atoms with van der Waals surface area (Å²) in [4.78, 5) is 13.3. The summed E-state index contributed by atoms with van der Waals surface area (Å²) in [5.41, 5.74) is 4.97. The second kappa shape index (κ2) is 9.13. The highest BCUT2D eigenvalue weighted by Crippen LogP contribution is 2.27. The van der Waals surface area contributed by atoms with Crippen LogP contribution in [0.4, 0.5) is 0 Å². The van der Waals surface area contributed by atoms with E-state index in [0.29, 0.717) is 24.3 Å². The number of amides is 1. The average Bonchev–Trinajstić information content (AvgIpc) is 2.79. The molecule has 1 N–H and O–H groups in total. The van der Waals surface area contributed by atoms with Gasteiger partial charge in [0.25, 0.3) is 0 Å². The lowest BCUT2D eigenvalue weighted by molar-refractivity contribution is -0.126. The number of fused-ring (bicyclic) bond motifs is 1. The molecule has 31 heavy (non-hydrogen) atoms. The molecule has 2 aliphatic rings. The van der Waals surface area contributed by atoms with E-state index in [-0.39, 0.29) is 24.4 Å². The Morgan fingerprint density at radius 3 is 2.48 bits per heavy atom. The lowest BCUT2D eigenvalue weighted by Gasteiger charge is -2.32. The van der Waals surface area contributed by atoms with Crippen LogP contribution in [0, 0.1) is 12.8 Å². The van der Waals surface area contributed by atoms with Gasteiger partial charge in [0.15, 0.2) is 0 Å². The third-order valence-electron chi connectivity index (χ3n) is 6.64. The molecule has 0 radical (unpaired) electrons. The Bertz CT molecular complexity index is 1050. The van der Waals surface area contributed by atoms with Crippen molar-refractivity contribution in [3.63, 3.8) is 0 Å². The van der Waals surface area contributed by atoms with Crippen molar-refractivity contribution in [2.75, 3.05) is 13.1 Å². The molecule has 1 heterocycles. The van der Waals surface area contributed by atoms with E-state index in [1.54, 1.807) is 24.3 Å². The fraction of sp³-hybridized carbons (Fsp3) is 0.480. The van der Waals surface area contributed by atoms with Crippen molar-refractivity contribution in [1.82, 2.24) is 9.62 Å². The van der Waals surface area contributed by atoms with E-state index in [2.05, 4.69) is 23.5 Å². The molecule has 1 aliphatic heterocycles. The van der Waals surface area contributed by atoms with E-state index >= 15 is 0 Å². The van der Waals surface area contributed by atoms with E-state index in [0.717, 1.165) is 24.0 Å². The molecule has 0 bridgehead atoms. The predicted octanol–water partition coefficient (Wildman–Crippen LogP) is 4.15. The number of benzene rings is 2. The zero-order valence-electron chi connectivity index (χ0n) is 18.4. The van der Waals surface area contributed by atoms with Gasteiger partial charge in [0.1, 0.15) is 0 Å². The van der Waals surface area contributed by atoms with Gasteiger partial charge in [-0.1, -0.05) is 35.9 Å². The Morgan fingerprint density at radius 2 is 1.74 bits per heavy atom. The number of aryl methyl sites for hydroxylation is 3. The van der Waals surface area contributed by atoms with E-state index in [1.165, 1.54) is 28.3 Å². The molecule has 1 amide bonds. The Kier molecular flexibility index (Phi) is 6.49. The lowest BCUT2D eigenvalue weighted by atomic mass is 9.89. The van der Waals surface area contributed by atoms with Crippen LogP contribution in [0.15, 0.2) is 47.4 Å². The average molecular weight is 441 g/mol. The van der Waals surface area contributed by atoms with Gasteiger partial charge in [-0.2, -0.15) is 4.31 Å². The van der Waals surface area contributed by atoms with Crippen molar-refractivity contribution in [1.29, 1.82) is 0 Å². The van der Waals surface area contributed by atoms with Gasteiger partial charge in [-0.05, 0) is 81.2 Å². The molecule has 5 nitrogen and oxygen atoms in total. The highest BCUT2D eigenvalue weighted by atomic mass is 32.2. The van der Waals surface area contributed by atoms with Gasteiger partial charge >= 0.3 is 0 Å². The number of hydrogen-bond acceptors (Lipinski definition) is 3. The molecule has 2 atom stereocenters. The molecule has 1 saturated heterocycles. The maximum Gasteiger partial charge on any atom is 0.243 e. The van der Waals surface area contributed by atoms with E-state index in [4.69, 9.17) is 0 Å². The first kappa shape index (κ1) is 22.0. The standard InChI is InChI=1S/C25H32N2O3S/c1-18-9-13-24(14-10-18)31(29,30)27-15-5-8-23(17-27)25(28)26-19(2)21-12-11-20-6-3-4-7-22(20)16-21/h9-14,16,19,23H,3-8,15,17H2,1-2H3,(H,26,28)/t19-,23+/m1/s1. The minimum Gasteiger partial charge on any atom is -0.349 e. The van der Waals surface area contributed by atoms with Crippen molar-refractivity contribution < 1.29 is 13.2 Å².